The van der Waals surface area contributed by atoms with Crippen molar-refractivity contribution in [2.24, 2.45) is 0 Å². The summed E-state index contributed by atoms with van der Waals surface area (Å²) in [5, 5.41) is 0.615. The van der Waals surface area contributed by atoms with E-state index < -0.39 is 0 Å². The van der Waals surface area contributed by atoms with Crippen molar-refractivity contribution in [1.82, 2.24) is 14.5 Å². The van der Waals surface area contributed by atoms with Gasteiger partial charge in [0.25, 0.3) is 11.5 Å². The van der Waals surface area contributed by atoms with E-state index in [1.165, 1.54) is 11.3 Å². The summed E-state index contributed by atoms with van der Waals surface area (Å²) in [7, 11) is 1.64. The van der Waals surface area contributed by atoms with Gasteiger partial charge in [-0.25, -0.2) is 4.98 Å². The Morgan fingerprint density at radius 1 is 1.31 bits per heavy atom. The van der Waals surface area contributed by atoms with Crippen molar-refractivity contribution in [2.75, 3.05) is 7.11 Å². The second-order valence-corrected chi connectivity index (χ2v) is 8.84. The molecular weight excluding hydrogens is 386 g/mol. The predicted octanol–water partition coefficient (Wildman–Crippen LogP) is 3.53. The predicted molar refractivity (Wildman–Crippen MR) is 113 cm³/mol. The summed E-state index contributed by atoms with van der Waals surface area (Å²) in [5.41, 5.74) is 1.85. The van der Waals surface area contributed by atoms with Gasteiger partial charge in [-0.2, -0.15) is 0 Å². The van der Waals surface area contributed by atoms with Crippen LogP contribution < -0.4 is 10.3 Å². The quantitative estimate of drug-likeness (QED) is 0.647. The van der Waals surface area contributed by atoms with Gasteiger partial charge in [0.15, 0.2) is 0 Å². The van der Waals surface area contributed by atoms with Gasteiger partial charge in [0.1, 0.15) is 16.4 Å². The van der Waals surface area contributed by atoms with Gasteiger partial charge in [0.2, 0.25) is 0 Å². The Balaban J connectivity index is 1.50. The number of hydrogen-bond donors (Lipinski definition) is 0. The van der Waals surface area contributed by atoms with Crippen LogP contribution in [-0.2, 0) is 19.5 Å². The van der Waals surface area contributed by atoms with Crippen LogP contribution in [0.4, 0.5) is 0 Å². The normalized spacial score (nSPS) is 15.5. The maximum Gasteiger partial charge on any atom is 0.264 e. The molecule has 3 aromatic rings. The van der Waals surface area contributed by atoms with E-state index in [2.05, 4.69) is 0 Å². The lowest BCUT2D eigenvalue weighted by atomic mass is 10.1. The maximum absolute atomic E-state index is 13.5. The second kappa shape index (κ2) is 6.99. The van der Waals surface area contributed by atoms with Gasteiger partial charge in [-0.3, -0.25) is 14.2 Å². The van der Waals surface area contributed by atoms with E-state index in [0.29, 0.717) is 21.6 Å². The standard InChI is InChI=1S/C22H23N3O3S/c1-13-18-20(23-17-4-3-11-24(17)21(18)26)29-19(13)22(27)25(15-7-8-15)12-14-5-9-16(28-2)10-6-14/h5-6,9-10,15H,3-4,7-8,11-12H2,1-2H3. The number of aryl methyl sites for hydroxylation is 2. The minimum absolute atomic E-state index is 0.00317. The summed E-state index contributed by atoms with van der Waals surface area (Å²) in [4.78, 5) is 34.4. The molecule has 3 heterocycles. The van der Waals surface area contributed by atoms with Crippen LogP contribution >= 0.6 is 11.3 Å². The molecule has 0 bridgehead atoms. The minimum Gasteiger partial charge on any atom is -0.497 e. The summed E-state index contributed by atoms with van der Waals surface area (Å²) in [6, 6.07) is 8.10. The van der Waals surface area contributed by atoms with Crippen LogP contribution in [0.2, 0.25) is 0 Å². The van der Waals surface area contributed by atoms with E-state index in [-0.39, 0.29) is 17.5 Å². The molecule has 1 saturated carbocycles. The van der Waals surface area contributed by atoms with Gasteiger partial charge in [-0.1, -0.05) is 12.1 Å². The zero-order valence-electron chi connectivity index (χ0n) is 16.6. The Labute approximate surface area is 172 Å². The number of aromatic nitrogens is 2. The number of fused-ring (bicyclic) bond motifs is 2. The van der Waals surface area contributed by atoms with Crippen LogP contribution in [0.5, 0.6) is 5.75 Å². The summed E-state index contributed by atoms with van der Waals surface area (Å²) in [6.07, 6.45) is 3.85. The molecule has 0 atom stereocenters. The highest BCUT2D eigenvalue weighted by atomic mass is 32.1. The Bertz CT molecular complexity index is 1160. The molecule has 1 fully saturated rings. The molecule has 1 aliphatic heterocycles. The molecule has 7 heteroatoms. The monoisotopic (exact) mass is 409 g/mol. The molecule has 150 valence electrons. The van der Waals surface area contributed by atoms with Gasteiger partial charge in [-0.05, 0) is 49.4 Å². The average molecular weight is 410 g/mol. The first kappa shape index (κ1) is 18.4. The van der Waals surface area contributed by atoms with Gasteiger partial charge in [0.05, 0.1) is 17.4 Å². The van der Waals surface area contributed by atoms with Crippen molar-refractivity contribution in [1.29, 1.82) is 0 Å². The lowest BCUT2D eigenvalue weighted by Crippen LogP contribution is -2.32. The largest absolute Gasteiger partial charge is 0.497 e. The van der Waals surface area contributed by atoms with Crippen LogP contribution in [0.25, 0.3) is 10.2 Å². The van der Waals surface area contributed by atoms with Crippen LogP contribution in [-0.4, -0.2) is 33.5 Å². The zero-order valence-corrected chi connectivity index (χ0v) is 17.4. The lowest BCUT2D eigenvalue weighted by molar-refractivity contribution is 0.0734. The second-order valence-electron chi connectivity index (χ2n) is 7.84. The summed E-state index contributed by atoms with van der Waals surface area (Å²) in [6.45, 7) is 3.17. The third kappa shape index (κ3) is 3.13. The molecule has 2 aromatic heterocycles. The molecular formula is C22H23N3O3S. The highest BCUT2D eigenvalue weighted by molar-refractivity contribution is 7.20. The van der Waals surface area contributed by atoms with E-state index in [1.54, 1.807) is 11.7 Å². The Morgan fingerprint density at radius 3 is 2.76 bits per heavy atom. The van der Waals surface area contributed by atoms with Crippen LogP contribution in [0.1, 0.15) is 45.9 Å². The van der Waals surface area contributed by atoms with E-state index in [9.17, 15) is 9.59 Å². The van der Waals surface area contributed by atoms with E-state index in [0.717, 1.165) is 54.9 Å². The molecule has 1 aromatic carbocycles. The van der Waals surface area contributed by atoms with Crippen LogP contribution in [0.3, 0.4) is 0 Å². The fraction of sp³-hybridized carbons (Fsp3) is 0.409. The highest BCUT2D eigenvalue weighted by Gasteiger charge is 2.35. The zero-order chi connectivity index (χ0) is 20.1. The van der Waals surface area contributed by atoms with Crippen molar-refractivity contribution in [3.63, 3.8) is 0 Å². The number of hydrogen-bond acceptors (Lipinski definition) is 5. The molecule has 0 unspecified atom stereocenters. The van der Waals surface area contributed by atoms with Gasteiger partial charge in [0, 0.05) is 25.6 Å². The number of benzene rings is 1. The summed E-state index contributed by atoms with van der Waals surface area (Å²) < 4.78 is 7.00. The first-order valence-electron chi connectivity index (χ1n) is 10.0. The first-order chi connectivity index (χ1) is 14.1. The molecule has 0 spiro atoms. The third-order valence-corrected chi connectivity index (χ3v) is 7.04. The van der Waals surface area contributed by atoms with Crippen molar-refractivity contribution >= 4 is 27.5 Å². The van der Waals surface area contributed by atoms with Gasteiger partial charge >= 0.3 is 0 Å². The minimum atomic E-state index is 0.00317. The molecule has 0 N–H and O–H groups in total. The lowest BCUT2D eigenvalue weighted by Gasteiger charge is -2.22. The third-order valence-electron chi connectivity index (χ3n) is 5.87. The molecule has 29 heavy (non-hydrogen) atoms. The number of methoxy groups -OCH3 is 1. The molecule has 1 amide bonds. The number of nitrogens with zero attached hydrogens (tertiary/aromatic N) is 3. The van der Waals surface area contributed by atoms with Crippen molar-refractivity contribution in [3.05, 3.63) is 56.4 Å². The SMILES string of the molecule is COc1ccc(CN(C(=O)c2sc3nc4n(c(=O)c3c2C)CCC4)C2CC2)cc1. The number of amides is 1. The number of carbonyl (C=O) groups excluding carboxylic acids is 1. The molecule has 0 radical (unpaired) electrons. The number of carbonyl (C=O) groups is 1. The van der Waals surface area contributed by atoms with Crippen LogP contribution in [0, 0.1) is 6.92 Å². The fourth-order valence-corrected chi connectivity index (χ4v) is 5.24. The van der Waals surface area contributed by atoms with E-state index >= 15 is 0 Å². The maximum atomic E-state index is 13.5. The van der Waals surface area contributed by atoms with Crippen molar-refractivity contribution in [3.8, 4) is 5.75 Å². The Morgan fingerprint density at radius 2 is 2.07 bits per heavy atom. The van der Waals surface area contributed by atoms with Gasteiger partial charge in [-0.15, -0.1) is 11.3 Å². The Hall–Kier alpha value is -2.67. The van der Waals surface area contributed by atoms with E-state index in [1.807, 2.05) is 36.1 Å². The van der Waals surface area contributed by atoms with Crippen molar-refractivity contribution < 1.29 is 9.53 Å². The number of ether oxygens (including phenoxy) is 1. The first-order valence-corrected chi connectivity index (χ1v) is 10.8. The molecule has 0 saturated heterocycles. The van der Waals surface area contributed by atoms with Gasteiger partial charge < -0.3 is 9.64 Å². The number of thiophene rings is 1. The summed E-state index contributed by atoms with van der Waals surface area (Å²) in [5.74, 6) is 1.66. The fourth-order valence-electron chi connectivity index (χ4n) is 4.09. The highest BCUT2D eigenvalue weighted by Crippen LogP contribution is 2.34. The molecule has 2 aliphatic rings. The molecule has 1 aliphatic carbocycles. The molecule has 5 rings (SSSR count). The smallest absolute Gasteiger partial charge is 0.264 e. The average Bonchev–Trinajstić information content (AvgIpc) is 3.36. The van der Waals surface area contributed by atoms with Crippen molar-refractivity contribution in [2.45, 2.75) is 51.7 Å². The summed E-state index contributed by atoms with van der Waals surface area (Å²) >= 11 is 1.37. The molecule has 6 nitrogen and oxygen atoms in total. The topological polar surface area (TPSA) is 64.4 Å². The number of rotatable bonds is 5. The Kier molecular flexibility index (Phi) is 4.42. The van der Waals surface area contributed by atoms with E-state index in [4.69, 9.17) is 9.72 Å². The van der Waals surface area contributed by atoms with Crippen LogP contribution in [0.15, 0.2) is 29.1 Å².